The summed E-state index contributed by atoms with van der Waals surface area (Å²) >= 11 is 0. The van der Waals surface area contributed by atoms with Crippen LogP contribution in [0.4, 0.5) is 4.39 Å². The molecule has 1 amide bonds. The standard InChI is InChI=1S/C20H18FN3O3/c21-13-4-5-14-15(10-13)23-20(22-14)16-2-1-7-24(16)19(25)9-12-3-6-17-18(8-12)27-11-26-17/h3-6,8,10,16H,1-2,7,9,11H2,(H,22,23). The van der Waals surface area contributed by atoms with Crippen LogP contribution in [0.15, 0.2) is 36.4 Å². The Hall–Kier alpha value is -3.09. The first kappa shape index (κ1) is 16.1. The zero-order valence-electron chi connectivity index (χ0n) is 14.6. The van der Waals surface area contributed by atoms with Crippen molar-refractivity contribution in [2.75, 3.05) is 13.3 Å². The third-order valence-electron chi connectivity index (χ3n) is 5.14. The van der Waals surface area contributed by atoms with Gasteiger partial charge < -0.3 is 19.4 Å². The van der Waals surface area contributed by atoms with Gasteiger partial charge in [-0.15, -0.1) is 0 Å². The van der Waals surface area contributed by atoms with Crippen LogP contribution >= 0.6 is 0 Å². The lowest BCUT2D eigenvalue weighted by atomic mass is 10.1. The van der Waals surface area contributed by atoms with E-state index in [0.717, 1.165) is 18.4 Å². The van der Waals surface area contributed by atoms with E-state index in [-0.39, 0.29) is 24.6 Å². The Bertz CT molecular complexity index is 1030. The second kappa shape index (κ2) is 6.26. The van der Waals surface area contributed by atoms with Crippen LogP contribution in [0.25, 0.3) is 11.0 Å². The molecule has 3 aromatic rings. The summed E-state index contributed by atoms with van der Waals surface area (Å²) in [5, 5.41) is 0. The zero-order valence-corrected chi connectivity index (χ0v) is 14.6. The van der Waals surface area contributed by atoms with Crippen LogP contribution < -0.4 is 9.47 Å². The molecule has 1 aromatic heterocycles. The molecule has 0 spiro atoms. The zero-order chi connectivity index (χ0) is 18.4. The van der Waals surface area contributed by atoms with Gasteiger partial charge >= 0.3 is 0 Å². The molecule has 1 saturated heterocycles. The highest BCUT2D eigenvalue weighted by molar-refractivity contribution is 5.80. The van der Waals surface area contributed by atoms with Crippen molar-refractivity contribution in [1.29, 1.82) is 0 Å². The number of ether oxygens (including phenoxy) is 2. The quantitative estimate of drug-likeness (QED) is 0.771. The highest BCUT2D eigenvalue weighted by Crippen LogP contribution is 2.34. The predicted molar refractivity (Wildman–Crippen MR) is 96.0 cm³/mol. The van der Waals surface area contributed by atoms with Crippen molar-refractivity contribution in [3.63, 3.8) is 0 Å². The van der Waals surface area contributed by atoms with E-state index < -0.39 is 0 Å². The maximum absolute atomic E-state index is 13.4. The molecule has 0 saturated carbocycles. The van der Waals surface area contributed by atoms with E-state index in [4.69, 9.17) is 9.47 Å². The fourth-order valence-corrected chi connectivity index (χ4v) is 3.84. The van der Waals surface area contributed by atoms with Gasteiger partial charge in [0, 0.05) is 6.54 Å². The van der Waals surface area contributed by atoms with Crippen molar-refractivity contribution in [1.82, 2.24) is 14.9 Å². The maximum Gasteiger partial charge on any atom is 0.231 e. The number of benzene rings is 2. The Morgan fingerprint density at radius 2 is 2.11 bits per heavy atom. The van der Waals surface area contributed by atoms with E-state index >= 15 is 0 Å². The summed E-state index contributed by atoms with van der Waals surface area (Å²) in [4.78, 5) is 22.5. The number of carbonyl (C=O) groups is 1. The average molecular weight is 367 g/mol. The number of nitrogens with zero attached hydrogens (tertiary/aromatic N) is 2. The summed E-state index contributed by atoms with van der Waals surface area (Å²) in [5.41, 5.74) is 2.25. The molecular weight excluding hydrogens is 349 g/mol. The minimum Gasteiger partial charge on any atom is -0.454 e. The van der Waals surface area contributed by atoms with Gasteiger partial charge in [-0.25, -0.2) is 9.37 Å². The number of halogens is 1. The lowest BCUT2D eigenvalue weighted by Gasteiger charge is -2.23. The Kier molecular flexibility index (Phi) is 3.74. The third kappa shape index (κ3) is 2.89. The van der Waals surface area contributed by atoms with Crippen LogP contribution in [0.2, 0.25) is 0 Å². The molecule has 1 atom stereocenters. The molecule has 2 aliphatic rings. The molecule has 2 aliphatic heterocycles. The molecule has 5 rings (SSSR count). The van der Waals surface area contributed by atoms with E-state index in [2.05, 4.69) is 9.97 Å². The van der Waals surface area contributed by atoms with Crippen molar-refractivity contribution in [2.24, 2.45) is 0 Å². The van der Waals surface area contributed by atoms with E-state index in [0.29, 0.717) is 41.3 Å². The Labute approximate surface area is 154 Å². The van der Waals surface area contributed by atoms with Gasteiger partial charge in [0.1, 0.15) is 11.6 Å². The molecule has 2 aromatic carbocycles. The third-order valence-corrected chi connectivity index (χ3v) is 5.14. The lowest BCUT2D eigenvalue weighted by Crippen LogP contribution is -2.32. The van der Waals surface area contributed by atoms with E-state index in [1.165, 1.54) is 12.1 Å². The van der Waals surface area contributed by atoms with Crippen LogP contribution in [0, 0.1) is 5.82 Å². The largest absolute Gasteiger partial charge is 0.454 e. The van der Waals surface area contributed by atoms with Crippen LogP contribution in [0.1, 0.15) is 30.3 Å². The summed E-state index contributed by atoms with van der Waals surface area (Å²) in [6.45, 7) is 0.910. The highest BCUT2D eigenvalue weighted by atomic mass is 19.1. The van der Waals surface area contributed by atoms with Gasteiger partial charge in [0.25, 0.3) is 0 Å². The van der Waals surface area contributed by atoms with Gasteiger partial charge in [0.05, 0.1) is 23.5 Å². The summed E-state index contributed by atoms with van der Waals surface area (Å²) in [6.07, 6.45) is 2.06. The molecule has 0 bridgehead atoms. The number of hydrogen-bond donors (Lipinski definition) is 1. The molecule has 138 valence electrons. The minimum absolute atomic E-state index is 0.0444. The van der Waals surface area contributed by atoms with Crippen LogP contribution in [-0.2, 0) is 11.2 Å². The molecule has 27 heavy (non-hydrogen) atoms. The predicted octanol–water partition coefficient (Wildman–Crippen LogP) is 3.34. The Balaban J connectivity index is 1.37. The monoisotopic (exact) mass is 367 g/mol. The first-order chi connectivity index (χ1) is 13.2. The average Bonchev–Trinajstić information content (AvgIpc) is 3.39. The number of hydrogen-bond acceptors (Lipinski definition) is 4. The summed E-state index contributed by atoms with van der Waals surface area (Å²) in [5.74, 6) is 1.84. The normalized spacial score (nSPS) is 18.4. The van der Waals surface area contributed by atoms with Crippen LogP contribution in [-0.4, -0.2) is 34.1 Å². The smallest absolute Gasteiger partial charge is 0.231 e. The Morgan fingerprint density at radius 1 is 1.22 bits per heavy atom. The number of amides is 1. The molecule has 7 heteroatoms. The van der Waals surface area contributed by atoms with Crippen LogP contribution in [0.5, 0.6) is 11.5 Å². The van der Waals surface area contributed by atoms with Gasteiger partial charge in [-0.05, 0) is 48.7 Å². The molecule has 1 fully saturated rings. The minimum atomic E-state index is -0.306. The highest BCUT2D eigenvalue weighted by Gasteiger charge is 2.32. The lowest BCUT2D eigenvalue weighted by molar-refractivity contribution is -0.131. The fraction of sp³-hybridized carbons (Fsp3) is 0.300. The topological polar surface area (TPSA) is 67.5 Å². The molecule has 3 heterocycles. The summed E-state index contributed by atoms with van der Waals surface area (Å²) < 4.78 is 24.1. The number of rotatable bonds is 3. The van der Waals surface area contributed by atoms with Crippen molar-refractivity contribution in [3.05, 3.63) is 53.6 Å². The van der Waals surface area contributed by atoms with Crippen molar-refractivity contribution in [3.8, 4) is 11.5 Å². The second-order valence-electron chi connectivity index (χ2n) is 6.89. The van der Waals surface area contributed by atoms with E-state index in [1.54, 1.807) is 6.07 Å². The number of H-pyrrole nitrogens is 1. The molecular formula is C20H18FN3O3. The summed E-state index contributed by atoms with van der Waals surface area (Å²) in [6, 6.07) is 9.94. The number of carbonyl (C=O) groups excluding carboxylic acids is 1. The molecule has 0 aliphatic carbocycles. The van der Waals surface area contributed by atoms with Gasteiger partial charge in [-0.1, -0.05) is 6.07 Å². The number of fused-ring (bicyclic) bond motifs is 2. The van der Waals surface area contributed by atoms with Crippen molar-refractivity contribution >= 4 is 16.9 Å². The number of nitrogens with one attached hydrogen (secondary N) is 1. The molecule has 0 radical (unpaired) electrons. The van der Waals surface area contributed by atoms with Gasteiger partial charge in [-0.3, -0.25) is 4.79 Å². The fourth-order valence-electron chi connectivity index (χ4n) is 3.84. The maximum atomic E-state index is 13.4. The van der Waals surface area contributed by atoms with Crippen molar-refractivity contribution < 1.29 is 18.7 Å². The van der Waals surface area contributed by atoms with Gasteiger partial charge in [0.15, 0.2) is 11.5 Å². The SMILES string of the molecule is O=C(Cc1ccc2c(c1)OCO2)N1CCCC1c1nc2ccc(F)cc2[nH]1. The molecule has 1 N–H and O–H groups in total. The molecule has 1 unspecified atom stereocenters. The van der Waals surface area contributed by atoms with Gasteiger partial charge in [-0.2, -0.15) is 0 Å². The Morgan fingerprint density at radius 3 is 3.04 bits per heavy atom. The van der Waals surface area contributed by atoms with Gasteiger partial charge in [0.2, 0.25) is 12.7 Å². The number of likely N-dealkylation sites (tertiary alicyclic amines) is 1. The summed E-state index contributed by atoms with van der Waals surface area (Å²) in [7, 11) is 0. The first-order valence-electron chi connectivity index (χ1n) is 9.00. The number of aromatic nitrogens is 2. The number of aromatic amines is 1. The van der Waals surface area contributed by atoms with E-state index in [1.807, 2.05) is 23.1 Å². The molecule has 6 nitrogen and oxygen atoms in total. The van der Waals surface area contributed by atoms with E-state index in [9.17, 15) is 9.18 Å². The first-order valence-corrected chi connectivity index (χ1v) is 9.00. The van der Waals surface area contributed by atoms with Crippen molar-refractivity contribution in [2.45, 2.75) is 25.3 Å². The van der Waals surface area contributed by atoms with Crippen LogP contribution in [0.3, 0.4) is 0 Å². The second-order valence-corrected chi connectivity index (χ2v) is 6.89. The number of imidazole rings is 1.